The Morgan fingerprint density at radius 2 is 1.72 bits per heavy atom. The third-order valence-electron chi connectivity index (χ3n) is 4.60. The maximum absolute atomic E-state index is 11.8. The SMILES string of the molecule is CC1(C)CCC(CNC(=O)C2(C(=O)O)CC2)CC1. The van der Waals surface area contributed by atoms with Crippen molar-refractivity contribution < 1.29 is 14.7 Å². The number of hydrogen-bond donors (Lipinski definition) is 2. The lowest BCUT2D eigenvalue weighted by atomic mass is 9.73. The second-order valence-corrected chi connectivity index (χ2v) is 6.70. The summed E-state index contributed by atoms with van der Waals surface area (Å²) in [6, 6.07) is 0. The third kappa shape index (κ3) is 2.68. The molecular formula is C14H23NO3. The molecule has 18 heavy (non-hydrogen) atoms. The minimum atomic E-state index is -1.09. The number of nitrogens with one attached hydrogen (secondary N) is 1. The minimum Gasteiger partial charge on any atom is -0.480 e. The first-order chi connectivity index (χ1) is 8.36. The summed E-state index contributed by atoms with van der Waals surface area (Å²) in [6.07, 6.45) is 5.63. The van der Waals surface area contributed by atoms with E-state index in [2.05, 4.69) is 19.2 Å². The molecule has 0 aliphatic heterocycles. The van der Waals surface area contributed by atoms with E-state index in [1.807, 2.05) is 0 Å². The molecule has 4 nitrogen and oxygen atoms in total. The van der Waals surface area contributed by atoms with E-state index in [0.29, 0.717) is 30.7 Å². The van der Waals surface area contributed by atoms with Gasteiger partial charge in [-0.1, -0.05) is 13.8 Å². The predicted molar refractivity (Wildman–Crippen MR) is 68.1 cm³/mol. The van der Waals surface area contributed by atoms with Crippen LogP contribution in [-0.2, 0) is 9.59 Å². The molecule has 0 atom stereocenters. The molecule has 0 unspecified atom stereocenters. The maximum atomic E-state index is 11.8. The number of carbonyl (C=O) groups excluding carboxylic acids is 1. The molecule has 2 fully saturated rings. The van der Waals surface area contributed by atoms with E-state index in [-0.39, 0.29) is 5.91 Å². The fourth-order valence-electron chi connectivity index (χ4n) is 2.73. The van der Waals surface area contributed by atoms with E-state index in [9.17, 15) is 9.59 Å². The number of amides is 1. The zero-order valence-corrected chi connectivity index (χ0v) is 11.3. The summed E-state index contributed by atoms with van der Waals surface area (Å²) in [5.41, 5.74) is -0.659. The van der Waals surface area contributed by atoms with Gasteiger partial charge >= 0.3 is 5.97 Å². The largest absolute Gasteiger partial charge is 0.480 e. The lowest BCUT2D eigenvalue weighted by molar-refractivity contribution is -0.149. The monoisotopic (exact) mass is 253 g/mol. The lowest BCUT2D eigenvalue weighted by Gasteiger charge is -2.34. The Labute approximate surface area is 108 Å². The number of rotatable bonds is 4. The van der Waals surface area contributed by atoms with Gasteiger partial charge in [-0.15, -0.1) is 0 Å². The van der Waals surface area contributed by atoms with Crippen LogP contribution < -0.4 is 5.32 Å². The summed E-state index contributed by atoms with van der Waals surface area (Å²) in [7, 11) is 0. The molecule has 102 valence electrons. The van der Waals surface area contributed by atoms with Crippen LogP contribution in [0.2, 0.25) is 0 Å². The first-order valence-electron chi connectivity index (χ1n) is 6.87. The molecule has 0 heterocycles. The van der Waals surface area contributed by atoms with Gasteiger partial charge < -0.3 is 10.4 Å². The fraction of sp³-hybridized carbons (Fsp3) is 0.857. The van der Waals surface area contributed by atoms with E-state index < -0.39 is 11.4 Å². The zero-order valence-electron chi connectivity index (χ0n) is 11.3. The molecule has 2 aliphatic carbocycles. The molecule has 4 heteroatoms. The first kappa shape index (κ1) is 13.4. The second-order valence-electron chi connectivity index (χ2n) is 6.70. The minimum absolute atomic E-state index is 0.278. The average molecular weight is 253 g/mol. The van der Waals surface area contributed by atoms with Crippen molar-refractivity contribution in [2.45, 2.75) is 52.4 Å². The highest BCUT2D eigenvalue weighted by molar-refractivity contribution is 6.04. The van der Waals surface area contributed by atoms with Gasteiger partial charge in [-0.05, 0) is 49.9 Å². The Hall–Kier alpha value is -1.06. The van der Waals surface area contributed by atoms with E-state index in [0.717, 1.165) is 12.8 Å². The van der Waals surface area contributed by atoms with Gasteiger partial charge in [0.25, 0.3) is 0 Å². The van der Waals surface area contributed by atoms with Gasteiger partial charge in [-0.25, -0.2) is 0 Å². The molecule has 0 bridgehead atoms. The topological polar surface area (TPSA) is 66.4 Å². The summed E-state index contributed by atoms with van der Waals surface area (Å²) in [5, 5.41) is 11.9. The van der Waals surface area contributed by atoms with Crippen LogP contribution in [0.25, 0.3) is 0 Å². The smallest absolute Gasteiger partial charge is 0.319 e. The number of carboxylic acid groups (broad SMARTS) is 1. The quantitative estimate of drug-likeness (QED) is 0.755. The molecule has 2 aliphatic rings. The van der Waals surface area contributed by atoms with Gasteiger partial charge in [0.05, 0.1) is 0 Å². The molecular weight excluding hydrogens is 230 g/mol. The molecule has 2 N–H and O–H groups in total. The summed E-state index contributed by atoms with van der Waals surface area (Å²) >= 11 is 0. The molecule has 0 aromatic rings. The fourth-order valence-corrected chi connectivity index (χ4v) is 2.73. The van der Waals surface area contributed by atoms with Crippen LogP contribution in [0.1, 0.15) is 52.4 Å². The normalized spacial score (nSPS) is 25.4. The molecule has 0 aromatic heterocycles. The molecule has 0 aromatic carbocycles. The van der Waals surface area contributed by atoms with Crippen LogP contribution in [-0.4, -0.2) is 23.5 Å². The summed E-state index contributed by atoms with van der Waals surface area (Å²) in [6.45, 7) is 5.21. The highest BCUT2D eigenvalue weighted by Gasteiger charge is 2.57. The van der Waals surface area contributed by atoms with Gasteiger partial charge in [-0.3, -0.25) is 9.59 Å². The van der Waals surface area contributed by atoms with E-state index >= 15 is 0 Å². The van der Waals surface area contributed by atoms with Crippen molar-refractivity contribution in [2.24, 2.45) is 16.7 Å². The van der Waals surface area contributed by atoms with Gasteiger partial charge in [0.15, 0.2) is 0 Å². The second kappa shape index (κ2) is 4.56. The lowest BCUT2D eigenvalue weighted by Crippen LogP contribution is -2.40. The standard InChI is InChI=1S/C14H23NO3/c1-13(2)5-3-10(4-6-13)9-15-11(16)14(7-8-14)12(17)18/h10H,3-9H2,1-2H3,(H,15,16)(H,17,18). The highest BCUT2D eigenvalue weighted by atomic mass is 16.4. The van der Waals surface area contributed by atoms with Crippen LogP contribution >= 0.6 is 0 Å². The molecule has 2 saturated carbocycles. The molecule has 0 spiro atoms. The van der Waals surface area contributed by atoms with E-state index in [1.54, 1.807) is 0 Å². The van der Waals surface area contributed by atoms with Crippen molar-refractivity contribution in [1.82, 2.24) is 5.32 Å². The van der Waals surface area contributed by atoms with Crippen LogP contribution in [0.15, 0.2) is 0 Å². The van der Waals surface area contributed by atoms with E-state index in [4.69, 9.17) is 5.11 Å². The Morgan fingerprint density at radius 3 is 2.17 bits per heavy atom. The molecule has 0 radical (unpaired) electrons. The van der Waals surface area contributed by atoms with Crippen molar-refractivity contribution in [3.63, 3.8) is 0 Å². The average Bonchev–Trinajstić information content (AvgIpc) is 3.08. The Morgan fingerprint density at radius 1 is 1.17 bits per heavy atom. The van der Waals surface area contributed by atoms with Crippen LogP contribution in [0.5, 0.6) is 0 Å². The Bertz CT molecular complexity index is 348. The molecule has 1 amide bonds. The van der Waals surface area contributed by atoms with Gasteiger partial charge in [0.2, 0.25) is 5.91 Å². The van der Waals surface area contributed by atoms with Gasteiger partial charge in [0.1, 0.15) is 5.41 Å². The number of aliphatic carboxylic acids is 1. The van der Waals surface area contributed by atoms with Crippen molar-refractivity contribution >= 4 is 11.9 Å². The first-order valence-corrected chi connectivity index (χ1v) is 6.87. The highest BCUT2D eigenvalue weighted by Crippen LogP contribution is 2.46. The maximum Gasteiger partial charge on any atom is 0.319 e. The van der Waals surface area contributed by atoms with Crippen molar-refractivity contribution in [1.29, 1.82) is 0 Å². The summed E-state index contributed by atoms with van der Waals surface area (Å²) in [4.78, 5) is 22.8. The van der Waals surface area contributed by atoms with Gasteiger partial charge in [-0.2, -0.15) is 0 Å². The van der Waals surface area contributed by atoms with Crippen molar-refractivity contribution in [3.05, 3.63) is 0 Å². The zero-order chi connectivity index (χ0) is 13.4. The summed E-state index contributed by atoms with van der Waals surface area (Å²) < 4.78 is 0. The molecule has 0 saturated heterocycles. The third-order valence-corrected chi connectivity index (χ3v) is 4.60. The van der Waals surface area contributed by atoms with Gasteiger partial charge in [0, 0.05) is 6.54 Å². The Balaban J connectivity index is 1.76. The predicted octanol–water partition coefficient (Wildman–Crippen LogP) is 2.18. The van der Waals surface area contributed by atoms with Crippen LogP contribution in [0.3, 0.4) is 0 Å². The number of hydrogen-bond acceptors (Lipinski definition) is 2. The van der Waals surface area contributed by atoms with Crippen molar-refractivity contribution in [3.8, 4) is 0 Å². The van der Waals surface area contributed by atoms with Crippen LogP contribution in [0.4, 0.5) is 0 Å². The number of carboxylic acids is 1. The van der Waals surface area contributed by atoms with Crippen LogP contribution in [0, 0.1) is 16.7 Å². The summed E-state index contributed by atoms with van der Waals surface area (Å²) in [5.74, 6) is -0.726. The van der Waals surface area contributed by atoms with Crippen molar-refractivity contribution in [2.75, 3.05) is 6.54 Å². The van der Waals surface area contributed by atoms with E-state index in [1.165, 1.54) is 12.8 Å². The molecule has 2 rings (SSSR count). The Kier molecular flexibility index (Phi) is 3.39. The number of carbonyl (C=O) groups is 2.